The normalized spacial score (nSPS) is 14.6. The first-order valence-corrected chi connectivity index (χ1v) is 9.76. The van der Waals surface area contributed by atoms with E-state index in [4.69, 9.17) is 9.15 Å². The molecule has 174 valence electrons. The second-order valence-corrected chi connectivity index (χ2v) is 6.07. The van der Waals surface area contributed by atoms with Gasteiger partial charge in [-0.05, 0) is 31.9 Å². The Morgan fingerprint density at radius 1 is 1.19 bits per heavy atom. The number of aryl methyl sites for hydroxylation is 1. The molecule has 0 bridgehead atoms. The van der Waals surface area contributed by atoms with Crippen molar-refractivity contribution in [2.45, 2.75) is 58.9 Å². The van der Waals surface area contributed by atoms with E-state index in [0.29, 0.717) is 12.3 Å². The van der Waals surface area contributed by atoms with Crippen LogP contribution in [0.25, 0.3) is 0 Å². The number of unbranched alkanes of at least 4 members (excludes halogenated alkanes) is 1. The number of benzene rings is 1. The minimum Gasteiger partial charge on any atom is -0.406 e. The van der Waals surface area contributed by atoms with E-state index in [0.717, 1.165) is 25.0 Å². The van der Waals surface area contributed by atoms with E-state index in [9.17, 15) is 18.0 Å². The summed E-state index contributed by atoms with van der Waals surface area (Å²) in [6.45, 7) is 12.9. The van der Waals surface area contributed by atoms with Gasteiger partial charge in [0.1, 0.15) is 11.9 Å². The summed E-state index contributed by atoms with van der Waals surface area (Å²) in [6.07, 6.45) is 0.323. The van der Waals surface area contributed by atoms with Gasteiger partial charge in [-0.3, -0.25) is 10.1 Å². The average molecular weight is 445 g/mol. The molecule has 0 aliphatic carbocycles. The molecular formula is C21H30F3N3O4. The Kier molecular flexibility index (Phi) is 14.4. The van der Waals surface area contributed by atoms with E-state index in [1.54, 1.807) is 19.1 Å². The molecule has 1 N–H and O–H groups in total. The van der Waals surface area contributed by atoms with E-state index in [1.807, 2.05) is 0 Å². The molecule has 10 heteroatoms. The number of nitrogens with zero attached hydrogens (tertiary/aromatic N) is 2. The van der Waals surface area contributed by atoms with Crippen molar-refractivity contribution in [3.05, 3.63) is 48.9 Å². The third-order valence-electron chi connectivity index (χ3n) is 3.58. The van der Waals surface area contributed by atoms with Crippen LogP contribution in [0.3, 0.4) is 0 Å². The molecule has 1 atom stereocenters. The highest BCUT2D eigenvalue weighted by molar-refractivity contribution is 5.65. The Labute approximate surface area is 180 Å². The van der Waals surface area contributed by atoms with Gasteiger partial charge in [-0.25, -0.2) is 0 Å². The van der Waals surface area contributed by atoms with Crippen LogP contribution in [-0.4, -0.2) is 29.6 Å². The fourth-order valence-electron chi connectivity index (χ4n) is 1.99. The molecular weight excluding hydrogens is 415 g/mol. The van der Waals surface area contributed by atoms with Gasteiger partial charge in [-0.15, -0.1) is 31.4 Å². The average Bonchev–Trinajstić information content (AvgIpc) is 3.43. The maximum absolute atomic E-state index is 11.6. The first-order chi connectivity index (χ1) is 14.8. The standard InChI is InChI=1S/C8H7F3O.C7H9N3O3.C4H10.C2H4/c1-6-2-4-7(5-3-6)12-8(9,10)11;11-4-8-7-10-9-6(13-7)5-2-1-3-12-5;1-3-4-2;1-2/h2-5H,1H3;4-5H,1-3H2,(H,8,10,11);3-4H2,1-2H3;1-2H2. The second-order valence-electron chi connectivity index (χ2n) is 6.07. The van der Waals surface area contributed by atoms with Crippen LogP contribution >= 0.6 is 0 Å². The molecule has 1 aliphatic heterocycles. The first kappa shape index (κ1) is 28.1. The zero-order valence-corrected chi connectivity index (χ0v) is 18.1. The topological polar surface area (TPSA) is 86.5 Å². The predicted octanol–water partition coefficient (Wildman–Crippen LogP) is 5.99. The minimum absolute atomic E-state index is 0.102. The molecule has 3 rings (SSSR count). The number of ether oxygens (including phenoxy) is 2. The maximum atomic E-state index is 11.6. The number of alkyl halides is 3. The van der Waals surface area contributed by atoms with Crippen LogP contribution in [0, 0.1) is 6.92 Å². The van der Waals surface area contributed by atoms with Crippen molar-refractivity contribution in [3.8, 4) is 5.75 Å². The Bertz CT molecular complexity index is 713. The maximum Gasteiger partial charge on any atom is 0.573 e. The van der Waals surface area contributed by atoms with E-state index in [1.165, 1.54) is 25.0 Å². The van der Waals surface area contributed by atoms with Gasteiger partial charge in [0.15, 0.2) is 0 Å². The monoisotopic (exact) mass is 445 g/mol. The van der Waals surface area contributed by atoms with E-state index in [-0.39, 0.29) is 17.9 Å². The van der Waals surface area contributed by atoms with Crippen LogP contribution < -0.4 is 10.1 Å². The van der Waals surface area contributed by atoms with Crippen molar-refractivity contribution in [1.82, 2.24) is 10.2 Å². The second kappa shape index (κ2) is 15.9. The number of anilines is 1. The van der Waals surface area contributed by atoms with Crippen LogP contribution in [0.5, 0.6) is 5.75 Å². The lowest BCUT2D eigenvalue weighted by Crippen LogP contribution is -2.16. The van der Waals surface area contributed by atoms with Gasteiger partial charge in [0.25, 0.3) is 0 Å². The lowest BCUT2D eigenvalue weighted by Gasteiger charge is -2.08. The molecule has 1 fully saturated rings. The van der Waals surface area contributed by atoms with Crippen molar-refractivity contribution < 1.29 is 31.9 Å². The van der Waals surface area contributed by atoms with E-state index < -0.39 is 6.36 Å². The quantitative estimate of drug-likeness (QED) is 0.449. The Hall–Kier alpha value is -2.88. The largest absolute Gasteiger partial charge is 0.573 e. The molecule has 7 nitrogen and oxygen atoms in total. The summed E-state index contributed by atoms with van der Waals surface area (Å²) in [7, 11) is 0. The number of hydrogen-bond donors (Lipinski definition) is 1. The summed E-state index contributed by atoms with van der Waals surface area (Å²) in [4.78, 5) is 10.0. The molecule has 1 unspecified atom stereocenters. The lowest BCUT2D eigenvalue weighted by atomic mass is 10.2. The number of hydrogen-bond acceptors (Lipinski definition) is 6. The number of nitrogens with one attached hydrogen (secondary N) is 1. The fraction of sp³-hybridized carbons (Fsp3) is 0.476. The molecule has 1 aliphatic rings. The number of amides is 1. The highest BCUT2D eigenvalue weighted by atomic mass is 19.4. The molecule has 1 aromatic heterocycles. The minimum atomic E-state index is -4.60. The van der Waals surface area contributed by atoms with Crippen LogP contribution in [0.2, 0.25) is 0 Å². The van der Waals surface area contributed by atoms with Gasteiger partial charge in [0, 0.05) is 6.61 Å². The number of rotatable bonds is 5. The molecule has 1 saturated heterocycles. The molecule has 0 saturated carbocycles. The van der Waals surface area contributed by atoms with Crippen molar-refractivity contribution >= 4 is 12.4 Å². The zero-order chi connectivity index (χ0) is 23.7. The van der Waals surface area contributed by atoms with Gasteiger partial charge >= 0.3 is 12.4 Å². The summed E-state index contributed by atoms with van der Waals surface area (Å²) < 4.78 is 49.0. The number of aromatic nitrogens is 2. The van der Waals surface area contributed by atoms with E-state index >= 15 is 0 Å². The summed E-state index contributed by atoms with van der Waals surface area (Å²) >= 11 is 0. The summed E-state index contributed by atoms with van der Waals surface area (Å²) in [6, 6.07) is 5.79. The number of carbonyl (C=O) groups excluding carboxylic acids is 1. The Morgan fingerprint density at radius 3 is 2.26 bits per heavy atom. The highest BCUT2D eigenvalue weighted by Gasteiger charge is 2.30. The predicted molar refractivity (Wildman–Crippen MR) is 112 cm³/mol. The third kappa shape index (κ3) is 13.1. The van der Waals surface area contributed by atoms with Crippen molar-refractivity contribution in [2.75, 3.05) is 11.9 Å². The van der Waals surface area contributed by atoms with Crippen molar-refractivity contribution in [2.24, 2.45) is 0 Å². The van der Waals surface area contributed by atoms with Crippen LogP contribution in [-0.2, 0) is 9.53 Å². The smallest absolute Gasteiger partial charge is 0.406 e. The number of carbonyl (C=O) groups is 1. The highest BCUT2D eigenvalue weighted by Crippen LogP contribution is 2.27. The molecule has 1 amide bonds. The molecule has 1 aromatic carbocycles. The van der Waals surface area contributed by atoms with Gasteiger partial charge in [0.05, 0.1) is 0 Å². The summed E-state index contributed by atoms with van der Waals surface area (Å²) in [5, 5.41) is 9.64. The molecule has 31 heavy (non-hydrogen) atoms. The molecule has 2 aromatic rings. The van der Waals surface area contributed by atoms with Crippen LogP contribution in [0.4, 0.5) is 19.2 Å². The molecule has 0 radical (unpaired) electrons. The lowest BCUT2D eigenvalue weighted by molar-refractivity contribution is -0.274. The third-order valence-corrected chi connectivity index (χ3v) is 3.58. The fourth-order valence-corrected chi connectivity index (χ4v) is 1.99. The summed E-state index contributed by atoms with van der Waals surface area (Å²) in [5.41, 5.74) is 0.893. The van der Waals surface area contributed by atoms with E-state index in [2.05, 4.69) is 47.3 Å². The van der Waals surface area contributed by atoms with Crippen LogP contribution in [0.15, 0.2) is 41.8 Å². The zero-order valence-electron chi connectivity index (χ0n) is 18.1. The summed E-state index contributed by atoms with van der Waals surface area (Å²) in [5.74, 6) is 0.245. The van der Waals surface area contributed by atoms with Crippen molar-refractivity contribution in [3.63, 3.8) is 0 Å². The van der Waals surface area contributed by atoms with Gasteiger partial charge in [0.2, 0.25) is 12.3 Å². The van der Waals surface area contributed by atoms with Crippen molar-refractivity contribution in [1.29, 1.82) is 0 Å². The van der Waals surface area contributed by atoms with Gasteiger partial charge in [-0.1, -0.05) is 49.5 Å². The van der Waals surface area contributed by atoms with Crippen LogP contribution in [0.1, 0.15) is 57.1 Å². The van der Waals surface area contributed by atoms with Gasteiger partial charge < -0.3 is 13.9 Å². The SMILES string of the molecule is C=C.CCCC.Cc1ccc(OC(F)(F)F)cc1.O=CNc1nnc(C2CCCO2)o1. The van der Waals surface area contributed by atoms with Gasteiger partial charge in [-0.2, -0.15) is 0 Å². The molecule has 0 spiro atoms. The Balaban J connectivity index is 0.000000466. The first-order valence-electron chi connectivity index (χ1n) is 9.76. The number of halogens is 3. The Morgan fingerprint density at radius 2 is 1.81 bits per heavy atom. The molecule has 2 heterocycles.